The summed E-state index contributed by atoms with van der Waals surface area (Å²) in [5, 5.41) is 0. The van der Waals surface area contributed by atoms with E-state index in [0.29, 0.717) is 19.3 Å². The average molecular weight is 892 g/mol. The van der Waals surface area contributed by atoms with Gasteiger partial charge in [-0.15, -0.1) is 0 Å². The second-order valence-electron chi connectivity index (χ2n) is 20.1. The molecule has 0 aromatic carbocycles. The molecule has 0 amide bonds. The van der Waals surface area contributed by atoms with Gasteiger partial charge >= 0.3 is 17.9 Å². The van der Waals surface area contributed by atoms with Gasteiger partial charge in [-0.05, 0) is 25.2 Å². The minimum Gasteiger partial charge on any atom is -0.462 e. The van der Waals surface area contributed by atoms with E-state index in [0.717, 1.165) is 70.1 Å². The van der Waals surface area contributed by atoms with Crippen molar-refractivity contribution < 1.29 is 28.6 Å². The van der Waals surface area contributed by atoms with Crippen LogP contribution in [-0.4, -0.2) is 37.2 Å². The van der Waals surface area contributed by atoms with Crippen molar-refractivity contribution in [3.05, 3.63) is 0 Å². The Kier molecular flexibility index (Phi) is 50.1. The molecule has 0 saturated carbocycles. The van der Waals surface area contributed by atoms with E-state index in [4.69, 9.17) is 14.2 Å². The SMILES string of the molecule is CCCCCCCCCCCCCCCCCCCCCC(=O)O[C@@H](COC(=O)CCCCCCC)COC(=O)CCCCCCCCCCCCCCCCCCCCC(C)C. The molecular formula is C57H110O6. The first-order valence-electron chi connectivity index (χ1n) is 28.4. The number of ether oxygens (including phenoxy) is 3. The standard InChI is InChI=1S/C57H110O6/c1-5-7-9-11-12-13-14-15-16-17-18-23-26-29-32-35-38-42-46-50-57(60)63-54(51-61-55(58)48-44-39-10-8-6-2)52-62-56(59)49-45-41-37-34-31-28-25-22-20-19-21-24-27-30-33-36-40-43-47-53(3)4/h53-54H,5-52H2,1-4H3/t54-/m0/s1. The second-order valence-corrected chi connectivity index (χ2v) is 20.1. The highest BCUT2D eigenvalue weighted by molar-refractivity contribution is 5.71. The van der Waals surface area contributed by atoms with Crippen LogP contribution in [0.15, 0.2) is 0 Å². The van der Waals surface area contributed by atoms with E-state index in [2.05, 4.69) is 27.7 Å². The summed E-state index contributed by atoms with van der Waals surface area (Å²) in [6.45, 7) is 8.99. The third-order valence-corrected chi connectivity index (χ3v) is 13.0. The van der Waals surface area contributed by atoms with Crippen LogP contribution in [-0.2, 0) is 28.6 Å². The van der Waals surface area contributed by atoms with Gasteiger partial charge in [-0.1, -0.05) is 285 Å². The van der Waals surface area contributed by atoms with E-state index in [1.54, 1.807) is 0 Å². The molecule has 0 spiro atoms. The lowest BCUT2D eigenvalue weighted by atomic mass is 10.0. The normalized spacial score (nSPS) is 12.0. The highest BCUT2D eigenvalue weighted by atomic mass is 16.6. The summed E-state index contributed by atoms with van der Waals surface area (Å²) in [5.74, 6) is 0.00559. The Balaban J connectivity index is 4.03. The van der Waals surface area contributed by atoms with Crippen LogP contribution in [0.25, 0.3) is 0 Å². The van der Waals surface area contributed by atoms with Gasteiger partial charge in [0, 0.05) is 19.3 Å². The molecule has 63 heavy (non-hydrogen) atoms. The maximum absolute atomic E-state index is 12.8. The minimum absolute atomic E-state index is 0.0633. The van der Waals surface area contributed by atoms with Crippen LogP contribution < -0.4 is 0 Å². The quantitative estimate of drug-likeness (QED) is 0.0344. The first kappa shape index (κ1) is 61.4. The third kappa shape index (κ3) is 51.3. The van der Waals surface area contributed by atoms with Gasteiger partial charge < -0.3 is 14.2 Å². The zero-order valence-electron chi connectivity index (χ0n) is 43.0. The molecule has 6 heteroatoms. The Morgan fingerprint density at radius 2 is 0.524 bits per heavy atom. The topological polar surface area (TPSA) is 78.9 Å². The molecule has 0 bridgehead atoms. The second kappa shape index (κ2) is 51.4. The van der Waals surface area contributed by atoms with Gasteiger partial charge in [0.2, 0.25) is 0 Å². The van der Waals surface area contributed by atoms with E-state index < -0.39 is 6.10 Å². The monoisotopic (exact) mass is 891 g/mol. The predicted molar refractivity (Wildman–Crippen MR) is 270 cm³/mol. The molecule has 6 nitrogen and oxygen atoms in total. The van der Waals surface area contributed by atoms with Crippen LogP contribution in [0.2, 0.25) is 0 Å². The highest BCUT2D eigenvalue weighted by Gasteiger charge is 2.19. The zero-order chi connectivity index (χ0) is 45.9. The Morgan fingerprint density at radius 1 is 0.302 bits per heavy atom. The van der Waals surface area contributed by atoms with Crippen LogP contribution in [0, 0.1) is 5.92 Å². The molecule has 0 aliphatic heterocycles. The van der Waals surface area contributed by atoms with Gasteiger partial charge in [0.25, 0.3) is 0 Å². The van der Waals surface area contributed by atoms with Gasteiger partial charge in [-0.2, -0.15) is 0 Å². The number of unbranched alkanes of at least 4 members (excludes halogenated alkanes) is 39. The minimum atomic E-state index is -0.759. The maximum atomic E-state index is 12.8. The number of hydrogen-bond donors (Lipinski definition) is 0. The van der Waals surface area contributed by atoms with E-state index in [-0.39, 0.29) is 31.1 Å². The van der Waals surface area contributed by atoms with Crippen LogP contribution in [0.4, 0.5) is 0 Å². The zero-order valence-corrected chi connectivity index (χ0v) is 43.0. The number of rotatable bonds is 52. The van der Waals surface area contributed by atoms with Crippen molar-refractivity contribution in [2.75, 3.05) is 13.2 Å². The smallest absolute Gasteiger partial charge is 0.306 e. The lowest BCUT2D eigenvalue weighted by Crippen LogP contribution is -2.30. The third-order valence-electron chi connectivity index (χ3n) is 13.0. The van der Waals surface area contributed by atoms with Crippen molar-refractivity contribution in [1.82, 2.24) is 0 Å². The fourth-order valence-electron chi connectivity index (χ4n) is 8.75. The van der Waals surface area contributed by atoms with Crippen molar-refractivity contribution in [3.63, 3.8) is 0 Å². The Bertz CT molecular complexity index is 949. The lowest BCUT2D eigenvalue weighted by Gasteiger charge is -2.18. The fraction of sp³-hybridized carbons (Fsp3) is 0.947. The molecule has 0 aliphatic carbocycles. The Morgan fingerprint density at radius 3 is 0.778 bits per heavy atom. The summed E-state index contributed by atoms with van der Waals surface area (Å²) in [5.41, 5.74) is 0. The van der Waals surface area contributed by atoms with Crippen LogP contribution in [0.3, 0.4) is 0 Å². The van der Waals surface area contributed by atoms with Crippen molar-refractivity contribution in [2.45, 2.75) is 329 Å². The number of carbonyl (C=O) groups is 3. The van der Waals surface area contributed by atoms with Crippen molar-refractivity contribution in [2.24, 2.45) is 5.92 Å². The van der Waals surface area contributed by atoms with Gasteiger partial charge in [0.15, 0.2) is 6.10 Å². The van der Waals surface area contributed by atoms with Crippen LogP contribution in [0.1, 0.15) is 323 Å². The van der Waals surface area contributed by atoms with Crippen molar-refractivity contribution in [3.8, 4) is 0 Å². The van der Waals surface area contributed by atoms with Gasteiger partial charge in [-0.3, -0.25) is 14.4 Å². The molecule has 0 aliphatic rings. The summed E-state index contributed by atoms with van der Waals surface area (Å²) < 4.78 is 16.7. The molecule has 0 rings (SSSR count). The first-order valence-corrected chi connectivity index (χ1v) is 28.4. The Hall–Kier alpha value is -1.59. The summed E-state index contributed by atoms with van der Waals surface area (Å²) >= 11 is 0. The molecule has 0 fully saturated rings. The van der Waals surface area contributed by atoms with E-state index >= 15 is 0 Å². The van der Waals surface area contributed by atoms with Crippen LogP contribution in [0.5, 0.6) is 0 Å². The highest BCUT2D eigenvalue weighted by Crippen LogP contribution is 2.18. The fourth-order valence-corrected chi connectivity index (χ4v) is 8.75. The number of carbonyl (C=O) groups excluding carboxylic acids is 3. The molecule has 0 unspecified atom stereocenters. The molecule has 0 heterocycles. The Labute approximate surface area is 393 Å². The van der Waals surface area contributed by atoms with E-state index in [1.165, 1.54) is 212 Å². The average Bonchev–Trinajstić information content (AvgIpc) is 3.27. The number of hydrogen-bond acceptors (Lipinski definition) is 6. The predicted octanol–water partition coefficient (Wildman–Crippen LogP) is 18.6. The van der Waals surface area contributed by atoms with Crippen LogP contribution >= 0.6 is 0 Å². The van der Waals surface area contributed by atoms with Gasteiger partial charge in [-0.25, -0.2) is 0 Å². The summed E-state index contributed by atoms with van der Waals surface area (Å²) in [6, 6.07) is 0. The summed E-state index contributed by atoms with van der Waals surface area (Å²) in [4.78, 5) is 37.8. The first-order chi connectivity index (χ1) is 30.9. The van der Waals surface area contributed by atoms with Crippen molar-refractivity contribution >= 4 is 17.9 Å². The van der Waals surface area contributed by atoms with Gasteiger partial charge in [0.1, 0.15) is 13.2 Å². The summed E-state index contributed by atoms with van der Waals surface area (Å²) in [6.07, 6.45) is 55.7. The largest absolute Gasteiger partial charge is 0.462 e. The molecule has 0 radical (unpaired) electrons. The molecule has 0 N–H and O–H groups in total. The van der Waals surface area contributed by atoms with E-state index in [9.17, 15) is 14.4 Å². The molecule has 0 aromatic rings. The van der Waals surface area contributed by atoms with E-state index in [1.807, 2.05) is 0 Å². The van der Waals surface area contributed by atoms with Crippen molar-refractivity contribution in [1.29, 1.82) is 0 Å². The molecule has 0 aromatic heterocycles. The summed E-state index contributed by atoms with van der Waals surface area (Å²) in [7, 11) is 0. The molecule has 0 saturated heterocycles. The molecule has 1 atom stereocenters. The van der Waals surface area contributed by atoms with Gasteiger partial charge in [0.05, 0.1) is 0 Å². The molecule has 374 valence electrons. The maximum Gasteiger partial charge on any atom is 0.306 e. The molecular weight excluding hydrogens is 781 g/mol. The number of esters is 3. The lowest BCUT2D eigenvalue weighted by molar-refractivity contribution is -0.167.